The number of hydrogen-bond acceptors (Lipinski definition) is 5. The van der Waals surface area contributed by atoms with Gasteiger partial charge in [0.15, 0.2) is 6.10 Å². The lowest BCUT2D eigenvalue weighted by atomic mass is 10.1. The highest BCUT2D eigenvalue weighted by Crippen LogP contribution is 2.43. The van der Waals surface area contributed by atoms with E-state index in [1.54, 1.807) is 24.3 Å². The van der Waals surface area contributed by atoms with Gasteiger partial charge in [0, 0.05) is 6.54 Å². The van der Waals surface area contributed by atoms with Gasteiger partial charge in [0.1, 0.15) is 5.82 Å². The van der Waals surface area contributed by atoms with Crippen molar-refractivity contribution in [3.05, 3.63) is 71.0 Å². The summed E-state index contributed by atoms with van der Waals surface area (Å²) < 4.78 is 18.6. The smallest absolute Gasteiger partial charge is 0.338 e. The van der Waals surface area contributed by atoms with Crippen LogP contribution in [0.4, 0.5) is 4.39 Å². The lowest BCUT2D eigenvalue weighted by Gasteiger charge is -2.21. The lowest BCUT2D eigenvalue weighted by molar-refractivity contribution is -0.129. The van der Waals surface area contributed by atoms with Crippen molar-refractivity contribution < 1.29 is 18.7 Å². The summed E-state index contributed by atoms with van der Waals surface area (Å²) in [6.07, 6.45) is 0.314. The second kappa shape index (κ2) is 9.98. The maximum atomic E-state index is 12.9. The van der Waals surface area contributed by atoms with Crippen molar-refractivity contribution in [2.24, 2.45) is 0 Å². The quantitative estimate of drug-likeness (QED) is 0.696. The highest BCUT2D eigenvalue weighted by molar-refractivity contribution is 8.16. The Hall–Kier alpha value is -1.99. The van der Waals surface area contributed by atoms with Gasteiger partial charge >= 0.3 is 5.97 Å². The number of hydrogen-bond donors (Lipinski definition) is 1. The highest BCUT2D eigenvalue weighted by atomic mass is 32.2. The summed E-state index contributed by atoms with van der Waals surface area (Å²) in [4.78, 5) is 24.4. The molecule has 148 valence electrons. The van der Waals surface area contributed by atoms with Crippen molar-refractivity contribution in [1.29, 1.82) is 0 Å². The van der Waals surface area contributed by atoms with E-state index in [9.17, 15) is 14.0 Å². The second-order valence-electron chi connectivity index (χ2n) is 6.44. The summed E-state index contributed by atoms with van der Waals surface area (Å²) in [5, 5.41) is 2.68. The minimum absolute atomic E-state index is 0.242. The van der Waals surface area contributed by atoms with Crippen LogP contribution in [0.1, 0.15) is 39.4 Å². The Labute approximate surface area is 172 Å². The molecule has 0 spiro atoms. The lowest BCUT2D eigenvalue weighted by Crippen LogP contribution is -2.35. The van der Waals surface area contributed by atoms with E-state index in [1.165, 1.54) is 31.0 Å². The fraction of sp³-hybridized carbons (Fsp3) is 0.333. The molecule has 1 amide bonds. The van der Waals surface area contributed by atoms with E-state index < -0.39 is 18.0 Å². The molecule has 3 rings (SSSR count). The van der Waals surface area contributed by atoms with Crippen LogP contribution in [0.25, 0.3) is 0 Å². The molecule has 1 saturated heterocycles. The summed E-state index contributed by atoms with van der Waals surface area (Å²) in [6.45, 7) is 1.77. The maximum Gasteiger partial charge on any atom is 0.338 e. The van der Waals surface area contributed by atoms with Crippen molar-refractivity contribution in [1.82, 2.24) is 5.32 Å². The van der Waals surface area contributed by atoms with Crippen molar-refractivity contribution in [3.63, 3.8) is 0 Å². The molecule has 0 bridgehead atoms. The molecule has 1 heterocycles. The summed E-state index contributed by atoms with van der Waals surface area (Å²) in [5.41, 5.74) is 2.38. The third-order valence-corrected chi connectivity index (χ3v) is 7.29. The molecular formula is C21H22FNO3S2. The molecule has 0 unspecified atom stereocenters. The van der Waals surface area contributed by atoms with Gasteiger partial charge in [0.2, 0.25) is 0 Å². The van der Waals surface area contributed by atoms with E-state index in [0.29, 0.717) is 10.1 Å². The van der Waals surface area contributed by atoms with E-state index in [1.807, 2.05) is 35.7 Å². The molecule has 1 aliphatic rings. The average Bonchev–Trinajstić information content (AvgIpc) is 2.73. The first-order valence-corrected chi connectivity index (χ1v) is 11.2. The van der Waals surface area contributed by atoms with Crippen molar-refractivity contribution in [3.8, 4) is 0 Å². The van der Waals surface area contributed by atoms with Crippen LogP contribution in [0.15, 0.2) is 48.5 Å². The third-order valence-electron chi connectivity index (χ3n) is 4.28. The van der Waals surface area contributed by atoms with Gasteiger partial charge in [-0.1, -0.05) is 24.3 Å². The molecule has 1 aliphatic heterocycles. The molecule has 2 aromatic rings. The Kier molecular flexibility index (Phi) is 7.39. The van der Waals surface area contributed by atoms with Gasteiger partial charge in [-0.05, 0) is 60.2 Å². The molecule has 0 radical (unpaired) electrons. The number of rotatable bonds is 6. The standard InChI is InChI=1S/C21H22FNO3S2/c1-14(19(24)23-13-15-3-9-18(22)10-4-15)26-20(25)16-5-7-17(8-6-16)21-27-11-2-12-28-21/h3-10,14,21H,2,11-13H2,1H3,(H,23,24)/t14-/m0/s1. The van der Waals surface area contributed by atoms with Crippen LogP contribution in [0.5, 0.6) is 0 Å². The first kappa shape index (κ1) is 20.7. The van der Waals surface area contributed by atoms with Gasteiger partial charge in [0.25, 0.3) is 5.91 Å². The molecule has 28 heavy (non-hydrogen) atoms. The molecular weight excluding hydrogens is 397 g/mol. The van der Waals surface area contributed by atoms with Crippen LogP contribution in [0.2, 0.25) is 0 Å². The van der Waals surface area contributed by atoms with Crippen LogP contribution >= 0.6 is 23.5 Å². The number of benzene rings is 2. The summed E-state index contributed by atoms with van der Waals surface area (Å²) in [7, 11) is 0. The van der Waals surface area contributed by atoms with Crippen LogP contribution in [0.3, 0.4) is 0 Å². The molecule has 4 nitrogen and oxygen atoms in total. The first-order valence-electron chi connectivity index (χ1n) is 9.09. The fourth-order valence-electron chi connectivity index (χ4n) is 2.67. The summed E-state index contributed by atoms with van der Waals surface area (Å²) in [5.74, 6) is 1.06. The van der Waals surface area contributed by atoms with Crippen molar-refractivity contribution >= 4 is 35.4 Å². The van der Waals surface area contributed by atoms with E-state index >= 15 is 0 Å². The normalized spacial score (nSPS) is 15.6. The largest absolute Gasteiger partial charge is 0.449 e. The van der Waals surface area contributed by atoms with E-state index in [4.69, 9.17) is 4.74 Å². The zero-order chi connectivity index (χ0) is 19.9. The van der Waals surface area contributed by atoms with Crippen molar-refractivity contribution in [2.45, 2.75) is 30.6 Å². The minimum atomic E-state index is -0.919. The zero-order valence-electron chi connectivity index (χ0n) is 15.5. The number of nitrogens with one attached hydrogen (secondary N) is 1. The number of ether oxygens (including phenoxy) is 1. The van der Waals surface area contributed by atoms with Crippen LogP contribution in [-0.2, 0) is 16.1 Å². The molecule has 1 N–H and O–H groups in total. The monoisotopic (exact) mass is 419 g/mol. The predicted octanol–water partition coefficient (Wildman–Crippen LogP) is 4.56. The number of thioether (sulfide) groups is 2. The van der Waals surface area contributed by atoms with Gasteiger partial charge in [-0.3, -0.25) is 4.79 Å². The van der Waals surface area contributed by atoms with E-state index in [2.05, 4.69) is 5.32 Å². The Morgan fingerprint density at radius 2 is 1.75 bits per heavy atom. The van der Waals surface area contributed by atoms with Crippen LogP contribution in [0, 0.1) is 5.82 Å². The molecule has 1 fully saturated rings. The number of esters is 1. The molecule has 0 aliphatic carbocycles. The molecule has 1 atom stereocenters. The Balaban J connectivity index is 1.50. The van der Waals surface area contributed by atoms with Gasteiger partial charge in [0.05, 0.1) is 10.1 Å². The van der Waals surface area contributed by atoms with Gasteiger partial charge < -0.3 is 10.1 Å². The minimum Gasteiger partial charge on any atom is -0.449 e. The van der Waals surface area contributed by atoms with E-state index in [0.717, 1.165) is 17.1 Å². The summed E-state index contributed by atoms with van der Waals surface area (Å²) >= 11 is 3.85. The highest BCUT2D eigenvalue weighted by Gasteiger charge is 2.20. The van der Waals surface area contributed by atoms with Gasteiger partial charge in [-0.25, -0.2) is 9.18 Å². The molecule has 0 saturated carbocycles. The summed E-state index contributed by atoms with van der Waals surface area (Å²) in [6, 6.07) is 13.2. The first-order chi connectivity index (χ1) is 13.5. The van der Waals surface area contributed by atoms with Crippen LogP contribution < -0.4 is 5.32 Å². The molecule has 0 aromatic heterocycles. The van der Waals surface area contributed by atoms with Crippen molar-refractivity contribution in [2.75, 3.05) is 11.5 Å². The average molecular weight is 420 g/mol. The number of carbonyl (C=O) groups excluding carboxylic acids is 2. The third kappa shape index (κ3) is 5.75. The van der Waals surface area contributed by atoms with Gasteiger partial charge in [-0.2, -0.15) is 0 Å². The number of amides is 1. The second-order valence-corrected chi connectivity index (χ2v) is 9.17. The number of carbonyl (C=O) groups is 2. The molecule has 2 aromatic carbocycles. The fourth-order valence-corrected chi connectivity index (χ4v) is 5.57. The zero-order valence-corrected chi connectivity index (χ0v) is 17.2. The SMILES string of the molecule is C[C@H](OC(=O)c1ccc(C2SCCCS2)cc1)C(=O)NCc1ccc(F)cc1. The number of halogens is 1. The Morgan fingerprint density at radius 1 is 1.11 bits per heavy atom. The predicted molar refractivity (Wildman–Crippen MR) is 112 cm³/mol. The van der Waals surface area contributed by atoms with Crippen LogP contribution in [-0.4, -0.2) is 29.5 Å². The topological polar surface area (TPSA) is 55.4 Å². The van der Waals surface area contributed by atoms with Gasteiger partial charge in [-0.15, -0.1) is 23.5 Å². The maximum absolute atomic E-state index is 12.9. The molecule has 7 heteroatoms. The Bertz CT molecular complexity index is 805. The van der Waals surface area contributed by atoms with E-state index in [-0.39, 0.29) is 12.4 Å². The Morgan fingerprint density at radius 3 is 2.39 bits per heavy atom.